The molecule has 5 rings (SSSR count). The van der Waals surface area contributed by atoms with Crippen molar-refractivity contribution in [3.63, 3.8) is 0 Å². The zero-order chi connectivity index (χ0) is 23.4. The summed E-state index contributed by atoms with van der Waals surface area (Å²) in [6.45, 7) is 0.957. The van der Waals surface area contributed by atoms with Gasteiger partial charge in [-0.25, -0.2) is 4.99 Å². The number of likely N-dealkylation sites (N-methyl/N-ethyl adjacent to an activating group) is 1. The zero-order valence-corrected chi connectivity index (χ0v) is 17.8. The minimum Gasteiger partial charge on any atom is -0.484 e. The number of ether oxygens (including phenoxy) is 3. The highest BCUT2D eigenvalue weighted by Crippen LogP contribution is 2.51. The van der Waals surface area contributed by atoms with Crippen LogP contribution in [0, 0.1) is 0 Å². The molecule has 0 bridgehead atoms. The van der Waals surface area contributed by atoms with Crippen molar-refractivity contribution in [2.24, 2.45) is 10.7 Å². The van der Waals surface area contributed by atoms with E-state index in [1.54, 1.807) is 31.3 Å². The number of carbonyl (C=O) groups excluding carboxylic acids is 1. The summed E-state index contributed by atoms with van der Waals surface area (Å²) < 4.78 is 54.1. The van der Waals surface area contributed by atoms with Crippen LogP contribution < -0.4 is 15.2 Å². The Kier molecular flexibility index (Phi) is 4.82. The van der Waals surface area contributed by atoms with Crippen molar-refractivity contribution in [2.75, 3.05) is 20.3 Å². The van der Waals surface area contributed by atoms with Gasteiger partial charge in [-0.3, -0.25) is 9.69 Å². The van der Waals surface area contributed by atoms with E-state index in [2.05, 4.69) is 9.73 Å². The lowest BCUT2D eigenvalue weighted by Gasteiger charge is -2.46. The highest BCUT2D eigenvalue weighted by atomic mass is 19.4. The molecule has 2 aromatic carbocycles. The minimum atomic E-state index is -4.80. The molecule has 3 aliphatic heterocycles. The lowest BCUT2D eigenvalue weighted by molar-refractivity contribution is -0.274. The minimum absolute atomic E-state index is 0.103. The molecular weight excluding hydrogens is 439 g/mol. The van der Waals surface area contributed by atoms with Crippen LogP contribution in [0.2, 0.25) is 0 Å². The molecule has 1 amide bonds. The predicted octanol–water partition coefficient (Wildman–Crippen LogP) is 3.57. The summed E-state index contributed by atoms with van der Waals surface area (Å²) in [4.78, 5) is 19.3. The molecule has 0 radical (unpaired) electrons. The lowest BCUT2D eigenvalue weighted by Crippen LogP contribution is -2.55. The van der Waals surface area contributed by atoms with Crippen LogP contribution in [-0.2, 0) is 15.1 Å². The van der Waals surface area contributed by atoms with Gasteiger partial charge in [-0.15, -0.1) is 13.2 Å². The highest BCUT2D eigenvalue weighted by molar-refractivity contribution is 6.07. The Morgan fingerprint density at radius 3 is 2.64 bits per heavy atom. The van der Waals surface area contributed by atoms with Gasteiger partial charge in [0.1, 0.15) is 17.1 Å². The summed E-state index contributed by atoms with van der Waals surface area (Å²) in [7, 11) is 1.57. The SMILES string of the molecule is CN1C(=O)C2(CC3(CCCOC3)Oc3ccc(-c4cccc(OC(F)(F)F)c4)cc32)N=C1N. The molecule has 33 heavy (non-hydrogen) atoms. The van der Waals surface area contributed by atoms with Gasteiger partial charge in [0.05, 0.1) is 6.61 Å². The van der Waals surface area contributed by atoms with Crippen LogP contribution >= 0.6 is 0 Å². The van der Waals surface area contributed by atoms with E-state index in [0.717, 1.165) is 6.42 Å². The third-order valence-corrected chi connectivity index (χ3v) is 6.32. The van der Waals surface area contributed by atoms with Crippen molar-refractivity contribution in [1.29, 1.82) is 0 Å². The molecule has 3 heterocycles. The largest absolute Gasteiger partial charge is 0.573 e. The number of alkyl halides is 3. The number of fused-ring (bicyclic) bond motifs is 2. The van der Waals surface area contributed by atoms with E-state index in [9.17, 15) is 18.0 Å². The molecule has 2 spiro atoms. The Morgan fingerprint density at radius 2 is 1.97 bits per heavy atom. The van der Waals surface area contributed by atoms with Crippen molar-refractivity contribution < 1.29 is 32.2 Å². The van der Waals surface area contributed by atoms with Gasteiger partial charge in [-0.05, 0) is 48.2 Å². The molecule has 3 aliphatic rings. The Morgan fingerprint density at radius 1 is 1.18 bits per heavy atom. The number of amides is 1. The normalized spacial score (nSPS) is 26.8. The second-order valence-electron chi connectivity index (χ2n) is 8.60. The number of benzene rings is 2. The molecule has 0 aromatic heterocycles. The Hall–Kier alpha value is -3.27. The zero-order valence-electron chi connectivity index (χ0n) is 17.8. The average Bonchev–Trinajstić information content (AvgIpc) is 2.97. The fourth-order valence-electron chi connectivity index (χ4n) is 4.86. The summed E-state index contributed by atoms with van der Waals surface area (Å²) in [6, 6.07) is 10.8. The average molecular weight is 461 g/mol. The Bertz CT molecular complexity index is 1140. The molecule has 7 nitrogen and oxygen atoms in total. The third-order valence-electron chi connectivity index (χ3n) is 6.32. The van der Waals surface area contributed by atoms with E-state index in [0.29, 0.717) is 42.1 Å². The maximum atomic E-state index is 13.4. The van der Waals surface area contributed by atoms with E-state index in [4.69, 9.17) is 15.2 Å². The van der Waals surface area contributed by atoms with Gasteiger partial charge in [-0.1, -0.05) is 18.2 Å². The second-order valence-corrected chi connectivity index (χ2v) is 8.60. The van der Waals surface area contributed by atoms with Crippen molar-refractivity contribution in [1.82, 2.24) is 4.90 Å². The van der Waals surface area contributed by atoms with Gasteiger partial charge in [0.2, 0.25) is 0 Å². The van der Waals surface area contributed by atoms with Gasteiger partial charge >= 0.3 is 6.36 Å². The first kappa shape index (κ1) is 21.6. The van der Waals surface area contributed by atoms with Crippen molar-refractivity contribution >= 4 is 11.9 Å². The van der Waals surface area contributed by atoms with Crippen molar-refractivity contribution in [3.05, 3.63) is 48.0 Å². The number of nitrogens with zero attached hydrogens (tertiary/aromatic N) is 2. The second kappa shape index (κ2) is 7.38. The van der Waals surface area contributed by atoms with Gasteiger partial charge in [0, 0.05) is 25.6 Å². The number of aliphatic imine (C=N–C) groups is 1. The number of hydrogen-bond acceptors (Lipinski definition) is 6. The molecule has 2 unspecified atom stereocenters. The predicted molar refractivity (Wildman–Crippen MR) is 113 cm³/mol. The van der Waals surface area contributed by atoms with Crippen molar-refractivity contribution in [2.45, 2.75) is 36.8 Å². The van der Waals surface area contributed by atoms with Crippen LogP contribution in [0.3, 0.4) is 0 Å². The summed E-state index contributed by atoms with van der Waals surface area (Å²) in [5.74, 6) is -0.0224. The van der Waals surface area contributed by atoms with Gasteiger partial charge in [-0.2, -0.15) is 0 Å². The fourth-order valence-corrected chi connectivity index (χ4v) is 4.86. The quantitative estimate of drug-likeness (QED) is 0.739. The van der Waals surface area contributed by atoms with Crippen LogP contribution in [0.25, 0.3) is 11.1 Å². The lowest BCUT2D eigenvalue weighted by atomic mass is 9.74. The number of carbonyl (C=O) groups is 1. The van der Waals surface area contributed by atoms with E-state index in [1.165, 1.54) is 23.1 Å². The molecule has 2 atom stereocenters. The van der Waals surface area contributed by atoms with Gasteiger partial charge in [0.15, 0.2) is 11.5 Å². The highest BCUT2D eigenvalue weighted by Gasteiger charge is 2.58. The van der Waals surface area contributed by atoms with Crippen molar-refractivity contribution in [3.8, 4) is 22.6 Å². The smallest absolute Gasteiger partial charge is 0.484 e. The Labute approximate surface area is 187 Å². The molecule has 1 saturated heterocycles. The monoisotopic (exact) mass is 461 g/mol. The third kappa shape index (κ3) is 3.68. The van der Waals surface area contributed by atoms with E-state index >= 15 is 0 Å². The van der Waals surface area contributed by atoms with E-state index < -0.39 is 17.5 Å². The standard InChI is InChI=1S/C23H22F3N3O4/c1-29-19(30)22(28-20(29)27)12-21(8-3-9-31-13-21)33-18-7-6-15(11-17(18)22)14-4-2-5-16(10-14)32-23(24,25)26/h2,4-7,10-11H,3,8-9,12-13H2,1H3,(H2,27,28). The molecule has 0 aliphatic carbocycles. The summed E-state index contributed by atoms with van der Waals surface area (Å²) in [5, 5.41) is 0. The maximum Gasteiger partial charge on any atom is 0.573 e. The molecule has 2 aromatic rings. The number of hydrogen-bond donors (Lipinski definition) is 1. The summed E-state index contributed by atoms with van der Waals surface area (Å²) >= 11 is 0. The van der Waals surface area contributed by atoms with Crippen LogP contribution in [0.5, 0.6) is 11.5 Å². The first-order valence-corrected chi connectivity index (χ1v) is 10.5. The fraction of sp³-hybridized carbons (Fsp3) is 0.391. The first-order valence-electron chi connectivity index (χ1n) is 10.5. The number of nitrogens with two attached hydrogens (primary N) is 1. The van der Waals surface area contributed by atoms with E-state index in [1.807, 2.05) is 0 Å². The molecular formula is C23H22F3N3O4. The number of halogens is 3. The Balaban J connectivity index is 1.61. The molecule has 174 valence electrons. The summed E-state index contributed by atoms with van der Waals surface area (Å²) in [6.07, 6.45) is -3.04. The number of guanidine groups is 1. The molecule has 10 heteroatoms. The molecule has 1 fully saturated rings. The first-order chi connectivity index (χ1) is 15.6. The van der Waals surface area contributed by atoms with Crippen LogP contribution in [0.15, 0.2) is 47.5 Å². The van der Waals surface area contributed by atoms with Gasteiger partial charge in [0.25, 0.3) is 5.91 Å². The topological polar surface area (TPSA) is 86.4 Å². The summed E-state index contributed by atoms with van der Waals surface area (Å²) in [5.41, 5.74) is 5.65. The van der Waals surface area contributed by atoms with Gasteiger partial charge < -0.3 is 19.9 Å². The van der Waals surface area contributed by atoms with Crippen LogP contribution in [-0.4, -0.2) is 49.0 Å². The van der Waals surface area contributed by atoms with Crippen LogP contribution in [0.1, 0.15) is 24.8 Å². The number of rotatable bonds is 2. The van der Waals surface area contributed by atoms with Crippen LogP contribution in [0.4, 0.5) is 13.2 Å². The molecule has 0 saturated carbocycles. The molecule has 2 N–H and O–H groups in total. The van der Waals surface area contributed by atoms with E-state index in [-0.39, 0.29) is 24.0 Å². The maximum absolute atomic E-state index is 13.4.